The zero-order valence-corrected chi connectivity index (χ0v) is 69.0. The van der Waals surface area contributed by atoms with E-state index in [0.29, 0.717) is 95.6 Å². The first kappa shape index (κ1) is 92.1. The summed E-state index contributed by atoms with van der Waals surface area (Å²) in [6, 6.07) is 0. The molecule has 0 spiro atoms. The van der Waals surface area contributed by atoms with Crippen LogP contribution in [-0.2, 0) is 63.3 Å². The van der Waals surface area contributed by atoms with Crippen LogP contribution in [0.5, 0.6) is 0 Å². The molecular formula is C52H66BrCl2I4K2N7O13S4. The summed E-state index contributed by atoms with van der Waals surface area (Å²) in [5, 5.41) is 20.9. The first-order chi connectivity index (χ1) is 39.1. The monoisotopic (exact) mass is 1860 g/mol. The number of nitrogens with zero attached hydrogens (tertiary/aromatic N) is 4. The van der Waals surface area contributed by atoms with Gasteiger partial charge < -0.3 is 57.6 Å². The van der Waals surface area contributed by atoms with Gasteiger partial charge >= 0.3 is 121 Å². The molecule has 0 unspecified atom stereocenters. The van der Waals surface area contributed by atoms with Crippen LogP contribution < -0.4 is 126 Å². The minimum atomic E-state index is -0.377. The van der Waals surface area contributed by atoms with E-state index in [9.17, 15) is 19.2 Å². The molecule has 0 radical (unpaired) electrons. The molecule has 0 bridgehead atoms. The van der Waals surface area contributed by atoms with Gasteiger partial charge in [0.15, 0.2) is 5.78 Å². The Hall–Kier alpha value is 0.643. The maximum Gasteiger partial charge on any atom is 1.00 e. The number of ketones is 1. The number of hydrogen-bond donors (Lipinski definition) is 3. The number of fused-ring (bicyclic) bond motifs is 4. The number of anilines is 2. The van der Waals surface area contributed by atoms with Gasteiger partial charge in [0.05, 0.1) is 83.1 Å². The SMILES string of the molecule is C.CCC(=O)c1cnc(N)c2c(COC)csc12.CCOC(=O)c1cnc(Cl)c2c(CBr)csc12.CCOC(=O)c1cnc(Cl)c2c(COC)csc12.CCOC(=O)c1cnc(N)c2c(COC)csc12.CI.CI.ICI.N.O=CO[O-].[H-].[K+].[K+]. The molecule has 7 N–H and O–H groups in total. The van der Waals surface area contributed by atoms with E-state index in [1.54, 1.807) is 48.3 Å². The number of hydrogen-bond acceptors (Lipinski definition) is 24. The zero-order valence-electron chi connectivity index (χ0n) is 48.8. The first-order valence-electron chi connectivity index (χ1n) is 23.1. The molecule has 0 aliphatic heterocycles. The summed E-state index contributed by atoms with van der Waals surface area (Å²) >= 11 is 30.3. The van der Waals surface area contributed by atoms with E-state index in [2.05, 4.69) is 131 Å². The van der Waals surface area contributed by atoms with Crippen molar-refractivity contribution in [2.45, 2.75) is 66.7 Å². The molecule has 8 aromatic heterocycles. The average molecular weight is 1860 g/mol. The Morgan fingerprint density at radius 1 is 0.588 bits per heavy atom. The predicted molar refractivity (Wildman–Crippen MR) is 377 cm³/mol. The summed E-state index contributed by atoms with van der Waals surface area (Å²) in [7, 11) is 4.86. The molecule has 8 rings (SSSR count). The van der Waals surface area contributed by atoms with E-state index in [-0.39, 0.29) is 148 Å². The van der Waals surface area contributed by atoms with E-state index < -0.39 is 0 Å². The molecule has 0 aromatic carbocycles. The van der Waals surface area contributed by atoms with Crippen molar-refractivity contribution >= 4 is 257 Å². The predicted octanol–water partition coefficient (Wildman–Crippen LogP) is 9.38. The fraction of sp³-hybridized carbons (Fsp3) is 0.365. The molecular weight excluding hydrogens is 1800 g/mol. The largest absolute Gasteiger partial charge is 1.00 e. The summed E-state index contributed by atoms with van der Waals surface area (Å²) in [6.07, 6.45) is 6.42. The van der Waals surface area contributed by atoms with E-state index in [4.69, 9.17) is 73.1 Å². The fourth-order valence-electron chi connectivity index (χ4n) is 6.72. The van der Waals surface area contributed by atoms with Crippen molar-refractivity contribution < 1.29 is 167 Å². The quantitative estimate of drug-likeness (QED) is 0.00774. The van der Waals surface area contributed by atoms with Gasteiger partial charge in [-0.2, -0.15) is 0 Å². The number of thiophene rings is 4. The average Bonchev–Trinajstić information content (AvgIpc) is 3.50. The van der Waals surface area contributed by atoms with Crippen LogP contribution in [-0.4, -0.2) is 104 Å². The third-order valence-electron chi connectivity index (χ3n) is 9.84. The smallest absolute Gasteiger partial charge is 1.00 e. The van der Waals surface area contributed by atoms with Crippen molar-refractivity contribution in [1.29, 1.82) is 0 Å². The van der Waals surface area contributed by atoms with Crippen LogP contribution >= 0.6 is 175 Å². The number of esters is 3. The van der Waals surface area contributed by atoms with Gasteiger partial charge in [0.1, 0.15) is 21.9 Å². The molecule has 0 amide bonds. The van der Waals surface area contributed by atoms with Crippen molar-refractivity contribution in [1.82, 2.24) is 26.1 Å². The molecule has 0 fully saturated rings. The Kier molecular flexibility index (Phi) is 57.5. The number of ether oxygens (including phenoxy) is 6. The molecule has 0 saturated heterocycles. The second-order valence-electron chi connectivity index (χ2n) is 14.6. The normalized spacial score (nSPS) is 9.52. The van der Waals surface area contributed by atoms with Crippen LogP contribution in [0, 0.1) is 0 Å². The fourth-order valence-corrected chi connectivity index (χ4v) is 12.3. The van der Waals surface area contributed by atoms with Crippen LogP contribution in [0.25, 0.3) is 40.3 Å². The van der Waals surface area contributed by atoms with E-state index in [0.717, 1.165) is 62.6 Å². The number of methoxy groups -OCH3 is 3. The number of carbonyl (C=O) groups is 5. The number of Topliss-reactive ketones (excluding diaryl/α,β-unsaturated/α-hetero) is 1. The molecule has 20 nitrogen and oxygen atoms in total. The second kappa shape index (κ2) is 53.1. The first-order valence-corrected chi connectivity index (χ1v) is 35.9. The van der Waals surface area contributed by atoms with Gasteiger partial charge in [0.25, 0.3) is 6.47 Å². The molecule has 8 heterocycles. The van der Waals surface area contributed by atoms with E-state index >= 15 is 0 Å². The van der Waals surface area contributed by atoms with Crippen molar-refractivity contribution in [3.8, 4) is 0 Å². The number of pyridine rings is 4. The van der Waals surface area contributed by atoms with Gasteiger partial charge in [0, 0.05) is 79.4 Å². The molecule has 0 aliphatic rings. The summed E-state index contributed by atoms with van der Waals surface area (Å²) < 4.78 is 34.8. The number of nitrogens with two attached hydrogens (primary N) is 2. The van der Waals surface area contributed by atoms with Crippen LogP contribution in [0.1, 0.15) is 107 Å². The molecule has 85 heavy (non-hydrogen) atoms. The number of carbonyl (C=O) groups excluding carboxylic acids is 5. The molecule has 8 aromatic rings. The molecule has 0 saturated carbocycles. The van der Waals surface area contributed by atoms with E-state index in [1.807, 2.05) is 38.3 Å². The minimum absolute atomic E-state index is 0. The van der Waals surface area contributed by atoms with Crippen LogP contribution in [0.15, 0.2) is 46.3 Å². The molecule has 462 valence electrons. The van der Waals surface area contributed by atoms with Crippen LogP contribution in [0.3, 0.4) is 0 Å². The molecule has 0 atom stereocenters. The van der Waals surface area contributed by atoms with Crippen molar-refractivity contribution in [2.75, 3.05) is 64.9 Å². The Balaban J connectivity index is -0.000000315. The number of halogens is 7. The summed E-state index contributed by atoms with van der Waals surface area (Å²) in [5.41, 5.74) is 17.7. The van der Waals surface area contributed by atoms with Gasteiger partial charge in [-0.15, -0.1) is 45.3 Å². The molecule has 0 aliphatic carbocycles. The number of rotatable bonds is 16. The maximum atomic E-state index is 11.8. The Bertz CT molecular complexity index is 3170. The van der Waals surface area contributed by atoms with Crippen molar-refractivity contribution in [2.24, 2.45) is 0 Å². The van der Waals surface area contributed by atoms with Crippen molar-refractivity contribution in [3.63, 3.8) is 0 Å². The van der Waals surface area contributed by atoms with Crippen LogP contribution in [0.2, 0.25) is 10.3 Å². The van der Waals surface area contributed by atoms with Crippen LogP contribution in [0.4, 0.5) is 11.6 Å². The van der Waals surface area contributed by atoms with Gasteiger partial charge in [0.2, 0.25) is 0 Å². The Morgan fingerprint density at radius 3 is 1.15 bits per heavy atom. The third kappa shape index (κ3) is 28.0. The number of aromatic nitrogens is 4. The van der Waals surface area contributed by atoms with Gasteiger partial charge in [-0.3, -0.25) is 9.59 Å². The Morgan fingerprint density at radius 2 is 0.859 bits per heavy atom. The third-order valence-corrected chi connectivity index (χ3v) is 15.3. The number of alkyl halides is 5. The number of nitrogen functional groups attached to an aromatic ring is 2. The minimum Gasteiger partial charge on any atom is -1.00 e. The van der Waals surface area contributed by atoms with Crippen molar-refractivity contribution in [3.05, 3.63) is 101 Å². The zero-order chi connectivity index (χ0) is 61.2. The summed E-state index contributed by atoms with van der Waals surface area (Å²) in [5.74, 6) is -0.149. The summed E-state index contributed by atoms with van der Waals surface area (Å²) in [6.45, 7) is 9.35. The second-order valence-corrected chi connectivity index (χ2v) is 23.8. The summed E-state index contributed by atoms with van der Waals surface area (Å²) in [4.78, 5) is 78.6. The molecule has 33 heteroatoms. The van der Waals surface area contributed by atoms with Gasteiger partial charge in [-0.1, -0.05) is 144 Å². The topological polar surface area (TPSA) is 312 Å². The van der Waals surface area contributed by atoms with Gasteiger partial charge in [-0.25, -0.2) is 34.3 Å². The van der Waals surface area contributed by atoms with Gasteiger partial charge in [-0.05, 0) is 74.4 Å². The van der Waals surface area contributed by atoms with E-state index in [1.165, 1.54) is 66.4 Å². The maximum absolute atomic E-state index is 11.8. The Labute approximate surface area is 671 Å². The standard InChI is InChI=1S/C12H12ClNO3S.C12H14N2O3S.C12H14N2O2S.C11H9BrClNO2S.CH2I2.2CH3I.CH2O3.CH4.2K.H3N.H/c2*1-3-17-12(15)8-4-14-11(13)9-7(5-16-2)6-18-10(8)9;1-3-9(15)8-4-14-12(13)10-7(5-16-2)6-17-11(8)10;1-2-16-11(15)7-4-14-10(13)8-6(3-12)5-17-9(7)8;2-1-3;2*1-2;2-1-4-3;;;;;/h4,6H,3,5H2,1-2H3;4,6H,3,5H2,1-2H3,(H2,13,14);4,6H,3,5H2,1-2H3,(H2,13,14);4-5H,2-3H2,1H3;1H2;2*1H3;1,3H;1H4;;;1H3;/q;;;;;;;;;2*+1;;-1/p-1.